The number of rotatable bonds is 5. The van der Waals surface area contributed by atoms with Crippen LogP contribution in [0.4, 0.5) is 4.39 Å². The minimum absolute atomic E-state index is 0.0292. The number of amides is 1. The lowest BCUT2D eigenvalue weighted by molar-refractivity contribution is -0.156. The van der Waals surface area contributed by atoms with Gasteiger partial charge in [-0.05, 0) is 37.2 Å². The van der Waals surface area contributed by atoms with Gasteiger partial charge < -0.3 is 9.64 Å². The minimum Gasteiger partial charge on any atom is -0.455 e. The van der Waals surface area contributed by atoms with E-state index >= 15 is 0 Å². The molecule has 1 aromatic rings. The molecule has 1 aromatic carbocycles. The molecule has 4 nitrogen and oxygen atoms in total. The van der Waals surface area contributed by atoms with Crippen LogP contribution in [-0.4, -0.2) is 30.4 Å². The molecule has 0 N–H and O–H groups in total. The van der Waals surface area contributed by atoms with Gasteiger partial charge in [0, 0.05) is 19.2 Å². The average molecular weight is 319 g/mol. The maximum Gasteiger partial charge on any atom is 0.309 e. The van der Waals surface area contributed by atoms with E-state index in [1.165, 1.54) is 17.4 Å². The van der Waals surface area contributed by atoms with Gasteiger partial charge in [0.05, 0.1) is 5.92 Å². The summed E-state index contributed by atoms with van der Waals surface area (Å²) in [5, 5.41) is 0. The third kappa shape index (κ3) is 3.54. The number of benzene rings is 1. The van der Waals surface area contributed by atoms with E-state index in [0.717, 1.165) is 19.3 Å². The zero-order valence-electron chi connectivity index (χ0n) is 13.3. The quantitative estimate of drug-likeness (QED) is 0.784. The largest absolute Gasteiger partial charge is 0.455 e. The molecule has 2 bridgehead atoms. The number of carbonyl (C=O) groups excluding carboxylic acids is 2. The third-order valence-corrected chi connectivity index (χ3v) is 5.17. The Morgan fingerprint density at radius 1 is 1.26 bits per heavy atom. The van der Waals surface area contributed by atoms with Gasteiger partial charge in [-0.3, -0.25) is 9.59 Å². The van der Waals surface area contributed by atoms with Crippen LogP contribution in [0.25, 0.3) is 0 Å². The van der Waals surface area contributed by atoms with Crippen LogP contribution >= 0.6 is 0 Å². The Kier molecular flexibility index (Phi) is 4.64. The molecule has 0 saturated heterocycles. The van der Waals surface area contributed by atoms with Gasteiger partial charge in [0.1, 0.15) is 5.82 Å². The van der Waals surface area contributed by atoms with E-state index in [1.54, 1.807) is 25.2 Å². The van der Waals surface area contributed by atoms with Crippen LogP contribution in [0.3, 0.4) is 0 Å². The maximum atomic E-state index is 13.6. The van der Waals surface area contributed by atoms with E-state index in [-0.39, 0.29) is 36.8 Å². The van der Waals surface area contributed by atoms with E-state index in [1.807, 2.05) is 0 Å². The smallest absolute Gasteiger partial charge is 0.309 e. The van der Waals surface area contributed by atoms with Crippen molar-refractivity contribution in [1.29, 1.82) is 0 Å². The first-order chi connectivity index (χ1) is 11.0. The number of hydrogen-bond donors (Lipinski definition) is 0. The number of nitrogens with zero attached hydrogens (tertiary/aromatic N) is 1. The summed E-state index contributed by atoms with van der Waals surface area (Å²) in [6, 6.07) is 6.34. The maximum absolute atomic E-state index is 13.6. The highest BCUT2D eigenvalue weighted by Crippen LogP contribution is 2.48. The minimum atomic E-state index is -0.342. The standard InChI is InChI=1S/C18H22FNO3/c1-20(10-14-4-2-3-5-16(14)19)17(21)11-23-18(22)15-9-12-6-7-13(15)8-12/h2-5,12-13,15H,6-11H2,1H3. The van der Waals surface area contributed by atoms with Crippen LogP contribution in [-0.2, 0) is 20.9 Å². The summed E-state index contributed by atoms with van der Waals surface area (Å²) >= 11 is 0. The Labute approximate surface area is 135 Å². The molecule has 2 fully saturated rings. The van der Waals surface area contributed by atoms with Gasteiger partial charge in [-0.25, -0.2) is 4.39 Å². The summed E-state index contributed by atoms with van der Waals surface area (Å²) < 4.78 is 18.8. The zero-order chi connectivity index (χ0) is 16.4. The molecule has 3 rings (SSSR count). The SMILES string of the molecule is CN(Cc1ccccc1F)C(=O)COC(=O)C1CC2CCC1C2. The molecule has 0 spiro atoms. The molecule has 0 radical (unpaired) electrons. The van der Waals surface area contributed by atoms with E-state index in [0.29, 0.717) is 17.4 Å². The number of fused-ring (bicyclic) bond motifs is 2. The molecule has 23 heavy (non-hydrogen) atoms. The predicted octanol–water partition coefficient (Wildman–Crippen LogP) is 2.76. The summed E-state index contributed by atoms with van der Waals surface area (Å²) in [6.07, 6.45) is 4.36. The summed E-state index contributed by atoms with van der Waals surface area (Å²) in [5.74, 6) is 0.176. The fraction of sp³-hybridized carbons (Fsp3) is 0.556. The van der Waals surface area contributed by atoms with Crippen LogP contribution in [0.2, 0.25) is 0 Å². The molecule has 0 heterocycles. The van der Waals surface area contributed by atoms with Gasteiger partial charge >= 0.3 is 5.97 Å². The number of halogens is 1. The Morgan fingerprint density at radius 2 is 2.04 bits per heavy atom. The summed E-state index contributed by atoms with van der Waals surface area (Å²) in [4.78, 5) is 25.6. The Bertz CT molecular complexity index is 604. The molecule has 3 atom stereocenters. The zero-order valence-corrected chi connectivity index (χ0v) is 13.3. The van der Waals surface area contributed by atoms with Crippen LogP contribution < -0.4 is 0 Å². The van der Waals surface area contributed by atoms with Crippen molar-refractivity contribution in [2.75, 3.05) is 13.7 Å². The first kappa shape index (κ1) is 16.0. The van der Waals surface area contributed by atoms with Gasteiger partial charge in [0.15, 0.2) is 6.61 Å². The molecular formula is C18H22FNO3. The van der Waals surface area contributed by atoms with Crippen molar-refractivity contribution in [2.45, 2.75) is 32.2 Å². The molecular weight excluding hydrogens is 297 g/mol. The van der Waals surface area contributed by atoms with Crippen molar-refractivity contribution < 1.29 is 18.7 Å². The molecule has 2 aliphatic carbocycles. The van der Waals surface area contributed by atoms with Gasteiger partial charge in [0.2, 0.25) is 0 Å². The van der Waals surface area contributed by atoms with Crippen molar-refractivity contribution in [3.63, 3.8) is 0 Å². The Morgan fingerprint density at radius 3 is 2.70 bits per heavy atom. The molecule has 2 aliphatic rings. The van der Waals surface area contributed by atoms with Gasteiger partial charge in [-0.1, -0.05) is 24.6 Å². The second kappa shape index (κ2) is 6.69. The van der Waals surface area contributed by atoms with Crippen molar-refractivity contribution in [3.05, 3.63) is 35.6 Å². The highest BCUT2D eigenvalue weighted by molar-refractivity contribution is 5.81. The first-order valence-corrected chi connectivity index (χ1v) is 8.18. The molecule has 1 amide bonds. The highest BCUT2D eigenvalue weighted by atomic mass is 19.1. The van der Waals surface area contributed by atoms with Crippen LogP contribution in [0.15, 0.2) is 24.3 Å². The van der Waals surface area contributed by atoms with E-state index in [9.17, 15) is 14.0 Å². The van der Waals surface area contributed by atoms with Crippen molar-refractivity contribution in [1.82, 2.24) is 4.90 Å². The van der Waals surface area contributed by atoms with Crippen LogP contribution in [0, 0.1) is 23.6 Å². The van der Waals surface area contributed by atoms with Crippen molar-refractivity contribution in [3.8, 4) is 0 Å². The normalized spacial score (nSPS) is 25.4. The van der Waals surface area contributed by atoms with Crippen LogP contribution in [0.1, 0.15) is 31.2 Å². The number of carbonyl (C=O) groups is 2. The lowest BCUT2D eigenvalue weighted by Gasteiger charge is -2.21. The number of esters is 1. The lowest BCUT2D eigenvalue weighted by atomic mass is 9.89. The van der Waals surface area contributed by atoms with Crippen molar-refractivity contribution >= 4 is 11.9 Å². The predicted molar refractivity (Wildman–Crippen MR) is 82.8 cm³/mol. The summed E-state index contributed by atoms with van der Waals surface area (Å²) in [6.45, 7) is -0.102. The number of likely N-dealkylation sites (N-methyl/N-ethyl adjacent to an activating group) is 1. The van der Waals surface area contributed by atoms with Gasteiger partial charge in [-0.2, -0.15) is 0 Å². The fourth-order valence-electron chi connectivity index (χ4n) is 3.85. The van der Waals surface area contributed by atoms with E-state index in [2.05, 4.69) is 0 Å². The topological polar surface area (TPSA) is 46.6 Å². The molecule has 124 valence electrons. The Hall–Kier alpha value is -1.91. The Balaban J connectivity index is 1.47. The summed E-state index contributed by atoms with van der Waals surface area (Å²) in [7, 11) is 1.58. The average Bonchev–Trinajstić information content (AvgIpc) is 3.17. The van der Waals surface area contributed by atoms with E-state index < -0.39 is 0 Å². The fourth-order valence-corrected chi connectivity index (χ4v) is 3.85. The molecule has 0 aliphatic heterocycles. The van der Waals surface area contributed by atoms with Gasteiger partial charge in [0.25, 0.3) is 5.91 Å². The third-order valence-electron chi connectivity index (χ3n) is 5.17. The lowest BCUT2D eigenvalue weighted by Crippen LogP contribution is -2.33. The monoisotopic (exact) mass is 319 g/mol. The molecule has 3 unspecified atom stereocenters. The molecule has 5 heteroatoms. The van der Waals surface area contributed by atoms with Gasteiger partial charge in [-0.15, -0.1) is 0 Å². The second-order valence-corrected chi connectivity index (χ2v) is 6.73. The van der Waals surface area contributed by atoms with Crippen molar-refractivity contribution in [2.24, 2.45) is 17.8 Å². The summed E-state index contributed by atoms with van der Waals surface area (Å²) in [5.41, 5.74) is 0.447. The highest BCUT2D eigenvalue weighted by Gasteiger charge is 2.44. The second-order valence-electron chi connectivity index (χ2n) is 6.73. The number of ether oxygens (including phenoxy) is 1. The molecule has 2 saturated carbocycles. The van der Waals surface area contributed by atoms with E-state index in [4.69, 9.17) is 4.74 Å². The number of hydrogen-bond acceptors (Lipinski definition) is 3. The molecule has 0 aromatic heterocycles. The van der Waals surface area contributed by atoms with Crippen LogP contribution in [0.5, 0.6) is 0 Å². The first-order valence-electron chi connectivity index (χ1n) is 8.18.